The van der Waals surface area contributed by atoms with Gasteiger partial charge in [0.1, 0.15) is 171 Å². The lowest BCUT2D eigenvalue weighted by atomic mass is 9.95. The molecular formula is C42H63O56P7-14. The van der Waals surface area contributed by atoms with Gasteiger partial charge in [0.25, 0.3) is 0 Å². The Morgan fingerprint density at radius 1 is 0.181 bits per heavy atom. The SMILES string of the molecule is O=P([O-])([O-])OCC1OC2OC3C(COP(=O)([O-])[O-])OC(OC4C(COP(=O)([O-])[O-])OC(OC5C(COP(=O)([O-])[O-])OC(OC6C(COP(=O)([O-])[O-])OC(OC7C(COP(=O)([O-])[O-])OC(OC8C(COP(=O)([O-])[O-])OC(OC1C(O)C2O)C(O)C8O)C(O)C7O)C(O)C6O)C(O)C5O)C(O)C4O)C(O)C3O. The van der Waals surface area contributed by atoms with E-state index in [1.807, 2.05) is 0 Å². The van der Waals surface area contributed by atoms with Crippen LogP contribution in [0.25, 0.3) is 0 Å². The van der Waals surface area contributed by atoms with Gasteiger partial charge in [-0.3, -0.25) is 0 Å². The molecule has 21 aliphatic rings. The molecular weight excluding hydrogens is 1620 g/mol. The summed E-state index contributed by atoms with van der Waals surface area (Å²) in [5.41, 5.74) is 0. The lowest BCUT2D eigenvalue weighted by Gasteiger charge is -2.50. The number of phosphoric ester groups is 7. The van der Waals surface area contributed by atoms with Gasteiger partial charge < -0.3 is 270 Å². The van der Waals surface area contributed by atoms with Gasteiger partial charge in [-0.25, -0.2) is 0 Å². The zero-order chi connectivity index (χ0) is 78.5. The van der Waals surface area contributed by atoms with Crippen LogP contribution in [-0.2, 0) is 130 Å². The molecule has 616 valence electrons. The van der Waals surface area contributed by atoms with Crippen LogP contribution in [0.5, 0.6) is 0 Å². The van der Waals surface area contributed by atoms with E-state index >= 15 is 0 Å². The average Bonchev–Trinajstić information content (AvgIpc) is 0.820. The molecule has 63 heteroatoms. The smallest absolute Gasteiger partial charge is 0.187 e. The number of aliphatic hydroxyl groups is 14. The minimum Gasteiger partial charge on any atom is -0.790 e. The Kier molecular flexibility index (Phi) is 30.8. The van der Waals surface area contributed by atoms with Crippen molar-refractivity contribution in [2.75, 3.05) is 46.2 Å². The molecule has 14 N–H and O–H groups in total. The second-order valence-corrected chi connectivity index (χ2v) is 31.6. The van der Waals surface area contributed by atoms with Crippen molar-refractivity contribution in [3.63, 3.8) is 0 Å². The van der Waals surface area contributed by atoms with Crippen molar-refractivity contribution >= 4 is 54.8 Å². The molecule has 0 spiro atoms. The number of rotatable bonds is 21. The minimum atomic E-state index is -6.26. The molecule has 0 aliphatic carbocycles. The summed E-state index contributed by atoms with van der Waals surface area (Å²) in [6.45, 7) is -12.1. The second kappa shape index (κ2) is 35.8. The molecule has 0 aromatic carbocycles. The van der Waals surface area contributed by atoms with Gasteiger partial charge in [-0.05, 0) is 0 Å². The van der Waals surface area contributed by atoms with E-state index in [2.05, 4.69) is 31.7 Å². The van der Waals surface area contributed by atoms with Gasteiger partial charge in [-0.2, -0.15) is 0 Å². The van der Waals surface area contributed by atoms with Gasteiger partial charge in [0.05, 0.1) is 101 Å². The number of aliphatic hydroxyl groups excluding tert-OH is 14. The van der Waals surface area contributed by atoms with E-state index in [0.29, 0.717) is 0 Å². The van der Waals surface area contributed by atoms with Crippen molar-refractivity contribution in [1.82, 2.24) is 0 Å². The highest BCUT2D eigenvalue weighted by molar-refractivity contribution is 7.44. The molecule has 0 amide bonds. The van der Waals surface area contributed by atoms with Gasteiger partial charge in [-0.1, -0.05) is 0 Å². The van der Waals surface area contributed by atoms with Gasteiger partial charge in [0.15, 0.2) is 44.0 Å². The van der Waals surface area contributed by atoms with Crippen molar-refractivity contribution in [3.05, 3.63) is 0 Å². The summed E-state index contributed by atoms with van der Waals surface area (Å²) in [5.74, 6) is 0. The van der Waals surface area contributed by atoms with Crippen LogP contribution in [0.3, 0.4) is 0 Å². The van der Waals surface area contributed by atoms with Crippen LogP contribution in [0.15, 0.2) is 0 Å². The molecule has 105 heavy (non-hydrogen) atoms. The number of hydrogen-bond acceptors (Lipinski definition) is 56. The Bertz CT molecular complexity index is 2590. The molecule has 0 radical (unpaired) electrons. The fraction of sp³-hybridized carbons (Fsp3) is 1.00. The van der Waals surface area contributed by atoms with Crippen molar-refractivity contribution in [2.45, 2.75) is 215 Å². The summed E-state index contributed by atoms with van der Waals surface area (Å²) in [7, 11) is -43.8. The molecule has 0 saturated carbocycles. The first-order valence-electron chi connectivity index (χ1n) is 29.5. The van der Waals surface area contributed by atoms with Gasteiger partial charge in [-0.15, -0.1) is 0 Å². The fourth-order valence-corrected chi connectivity index (χ4v) is 13.8. The van der Waals surface area contributed by atoms with Crippen LogP contribution in [-0.4, -0.2) is 333 Å². The van der Waals surface area contributed by atoms with Crippen LogP contribution in [0, 0.1) is 0 Å². The molecule has 21 fully saturated rings. The van der Waals surface area contributed by atoms with Crippen molar-refractivity contribution in [2.24, 2.45) is 0 Å². The second-order valence-electron chi connectivity index (χ2n) is 23.6. The van der Waals surface area contributed by atoms with E-state index < -0.39 is 316 Å². The lowest BCUT2D eigenvalue weighted by molar-refractivity contribution is -0.400. The lowest BCUT2D eigenvalue weighted by Crippen LogP contribution is -2.68. The summed E-state index contributed by atoms with van der Waals surface area (Å²) in [6.07, 6.45) is -94.9. The number of phosphoric acid groups is 7. The highest BCUT2D eigenvalue weighted by Gasteiger charge is 2.60. The van der Waals surface area contributed by atoms with E-state index in [4.69, 9.17) is 66.3 Å². The zero-order valence-electron chi connectivity index (χ0n) is 51.7. The average molecular weight is 1680 g/mol. The molecule has 21 rings (SSSR count). The fourth-order valence-electron chi connectivity index (χ4n) is 11.5. The first kappa shape index (κ1) is 90.2. The summed E-state index contributed by atoms with van der Waals surface area (Å²) in [6, 6.07) is 0. The van der Waals surface area contributed by atoms with Crippen LogP contribution >= 0.6 is 54.8 Å². The molecule has 0 aromatic heterocycles. The molecule has 35 atom stereocenters. The summed E-state index contributed by atoms with van der Waals surface area (Å²) in [5, 5.41) is 162. The third-order valence-corrected chi connectivity index (χ3v) is 19.6. The zero-order valence-corrected chi connectivity index (χ0v) is 58.0. The molecule has 21 saturated heterocycles. The monoisotopic (exact) mass is 1680 g/mol. The van der Waals surface area contributed by atoms with E-state index in [1.165, 1.54) is 0 Å². The summed E-state index contributed by atoms with van der Waals surface area (Å²) < 4.78 is 190. The van der Waals surface area contributed by atoms with Crippen molar-refractivity contribution < 1.29 is 270 Å². The van der Waals surface area contributed by atoms with Gasteiger partial charge >= 0.3 is 0 Å². The van der Waals surface area contributed by atoms with E-state index in [-0.39, 0.29) is 0 Å². The Labute approximate surface area is 584 Å². The van der Waals surface area contributed by atoms with E-state index in [0.717, 1.165) is 0 Å². The predicted molar refractivity (Wildman–Crippen MR) is 274 cm³/mol. The third-order valence-electron chi connectivity index (χ3n) is 16.3. The molecule has 21 heterocycles. The van der Waals surface area contributed by atoms with Gasteiger partial charge in [0.2, 0.25) is 0 Å². The molecule has 21 aliphatic heterocycles. The predicted octanol–water partition coefficient (Wildman–Crippen LogP) is -23.3. The first-order valence-corrected chi connectivity index (χ1v) is 39.8. The highest BCUT2D eigenvalue weighted by atomic mass is 31.2. The molecule has 14 bridgehead atoms. The standard InChI is InChI=1S/C42H77O56P7/c43-15-22(50)36-85-8(1-78-99(57,58)59)29(15)92-37-23(51)16(44)31(10(86-37)3-80-101(63,64)65)94-39-25(53)18(46)33(12(88-39)5-82-103(69,70)71)96-41-27(55)20(48)35(14(90-41)7-84-105(75,76)77)98-42-28(56)21(49)34(13(91-42)6-83-104(72,73)74)97-40-26(54)19(47)32(11(89-40)4-81-102(66,67)68)95-38-24(52)17(45)30(93-36)9(87-38)2-79-100(60,61)62/h8-56H,1-7H2,(H2,57,58,59)(H2,60,61,62)(H2,63,64,65)(H2,66,67,68)(H2,69,70,71)(H2,72,73,74)(H2,75,76,77)/p-14. The third kappa shape index (κ3) is 24.4. The topological polar surface area (TPSA) is 919 Å². The maximum atomic E-state index is 11.9. The molecule has 0 aromatic rings. The Balaban J connectivity index is 1.22. The number of hydrogen-bond donors (Lipinski definition) is 14. The van der Waals surface area contributed by atoms with Crippen LogP contribution in [0.1, 0.15) is 0 Å². The quantitative estimate of drug-likeness (QED) is 0.0475. The van der Waals surface area contributed by atoms with Crippen LogP contribution < -0.4 is 68.5 Å². The maximum Gasteiger partial charge on any atom is 0.187 e. The van der Waals surface area contributed by atoms with E-state index in [1.54, 1.807) is 0 Å². The highest BCUT2D eigenvalue weighted by Crippen LogP contribution is 2.43. The molecule has 35 unspecified atom stereocenters. The van der Waals surface area contributed by atoms with Crippen LogP contribution in [0.4, 0.5) is 0 Å². The van der Waals surface area contributed by atoms with Crippen LogP contribution in [0.2, 0.25) is 0 Å². The molecule has 56 nitrogen and oxygen atoms in total. The largest absolute Gasteiger partial charge is 0.790 e. The minimum absolute atomic E-state index is 1.73. The summed E-state index contributed by atoms with van der Waals surface area (Å²) >= 11 is 0. The first-order chi connectivity index (χ1) is 48.2. The number of ether oxygens (including phenoxy) is 14. The summed E-state index contributed by atoms with van der Waals surface area (Å²) in [4.78, 5) is 166. The Morgan fingerprint density at radius 2 is 0.276 bits per heavy atom. The maximum absolute atomic E-state index is 11.9. The van der Waals surface area contributed by atoms with Crippen molar-refractivity contribution in [3.8, 4) is 0 Å². The normalized spacial score (nSPS) is 44.9. The van der Waals surface area contributed by atoms with Gasteiger partial charge in [0, 0.05) is 0 Å². The van der Waals surface area contributed by atoms with E-state index in [9.17, 15) is 172 Å². The Morgan fingerprint density at radius 3 is 0.362 bits per heavy atom. The van der Waals surface area contributed by atoms with Crippen molar-refractivity contribution in [1.29, 1.82) is 0 Å². The Hall–Kier alpha value is -0.350.